The van der Waals surface area contributed by atoms with Crippen molar-refractivity contribution in [1.82, 2.24) is 19.3 Å². The van der Waals surface area contributed by atoms with Crippen LogP contribution < -0.4 is 4.72 Å². The van der Waals surface area contributed by atoms with E-state index in [4.69, 9.17) is 23.2 Å². The van der Waals surface area contributed by atoms with E-state index in [2.05, 4.69) is 14.8 Å². The summed E-state index contributed by atoms with van der Waals surface area (Å²) in [5.41, 5.74) is 2.95. The Morgan fingerprint density at radius 3 is 2.76 bits per heavy atom. The first-order valence-electron chi connectivity index (χ1n) is 8.69. The second kappa shape index (κ2) is 8.04. The van der Waals surface area contributed by atoms with Gasteiger partial charge >= 0.3 is 0 Å². The van der Waals surface area contributed by atoms with Crippen LogP contribution in [0.1, 0.15) is 11.3 Å². The Kier molecular flexibility index (Phi) is 5.63. The van der Waals surface area contributed by atoms with Crippen molar-refractivity contribution < 1.29 is 8.42 Å². The fourth-order valence-electron chi connectivity index (χ4n) is 2.91. The SMILES string of the molecule is Cc1ccccc1-c1nc2scc(CCNS(=O)(=O)c3cc(Cl)ccc3Cl)n2n1. The molecular weight excluding hydrogens is 451 g/mol. The second-order valence-corrected chi connectivity index (χ2v) is 9.81. The first kappa shape index (κ1) is 20.3. The highest BCUT2D eigenvalue weighted by Crippen LogP contribution is 2.25. The number of aryl methyl sites for hydroxylation is 1. The number of nitrogens with zero attached hydrogens (tertiary/aromatic N) is 3. The normalized spacial score (nSPS) is 12.0. The molecule has 4 rings (SSSR count). The molecule has 0 amide bonds. The number of hydrogen-bond acceptors (Lipinski definition) is 5. The lowest BCUT2D eigenvalue weighted by Crippen LogP contribution is -2.26. The average Bonchev–Trinajstić information content (AvgIpc) is 3.25. The predicted octanol–water partition coefficient (Wildman–Crippen LogP) is 4.59. The Morgan fingerprint density at radius 1 is 1.17 bits per heavy atom. The molecule has 2 heterocycles. The number of nitrogens with one attached hydrogen (secondary N) is 1. The van der Waals surface area contributed by atoms with E-state index in [1.54, 1.807) is 10.6 Å². The van der Waals surface area contributed by atoms with E-state index < -0.39 is 10.0 Å². The fraction of sp³-hybridized carbons (Fsp3) is 0.158. The molecule has 2 aromatic carbocycles. The predicted molar refractivity (Wildman–Crippen MR) is 116 cm³/mol. The molecular formula is C19H16Cl2N4O2S2. The van der Waals surface area contributed by atoms with Gasteiger partial charge in [0.15, 0.2) is 5.82 Å². The Morgan fingerprint density at radius 2 is 1.97 bits per heavy atom. The van der Waals surface area contributed by atoms with Gasteiger partial charge in [-0.25, -0.2) is 17.7 Å². The Labute approximate surface area is 182 Å². The van der Waals surface area contributed by atoms with Crippen molar-refractivity contribution in [2.75, 3.05) is 6.54 Å². The van der Waals surface area contributed by atoms with Crippen LogP contribution in [-0.4, -0.2) is 29.6 Å². The smallest absolute Gasteiger partial charge is 0.211 e. The molecule has 1 N–H and O–H groups in total. The minimum atomic E-state index is -3.77. The lowest BCUT2D eigenvalue weighted by Gasteiger charge is -2.08. The van der Waals surface area contributed by atoms with Gasteiger partial charge in [-0.05, 0) is 30.7 Å². The molecule has 6 nitrogen and oxygen atoms in total. The lowest BCUT2D eigenvalue weighted by molar-refractivity contribution is 0.581. The van der Waals surface area contributed by atoms with Crippen LogP contribution in [0.4, 0.5) is 0 Å². The van der Waals surface area contributed by atoms with Gasteiger partial charge in [-0.1, -0.05) is 47.5 Å². The number of thiazole rings is 1. The summed E-state index contributed by atoms with van der Waals surface area (Å²) in [6.45, 7) is 2.21. The van der Waals surface area contributed by atoms with Gasteiger partial charge in [-0.15, -0.1) is 16.4 Å². The number of hydrogen-bond donors (Lipinski definition) is 1. The van der Waals surface area contributed by atoms with Crippen molar-refractivity contribution in [3.63, 3.8) is 0 Å². The largest absolute Gasteiger partial charge is 0.242 e. The summed E-state index contributed by atoms with van der Waals surface area (Å²) in [7, 11) is -3.77. The van der Waals surface area contributed by atoms with Crippen LogP contribution in [0.2, 0.25) is 10.0 Å². The van der Waals surface area contributed by atoms with Crippen molar-refractivity contribution in [2.45, 2.75) is 18.2 Å². The highest BCUT2D eigenvalue weighted by Gasteiger charge is 2.19. The monoisotopic (exact) mass is 466 g/mol. The first-order valence-corrected chi connectivity index (χ1v) is 11.8. The first-order chi connectivity index (χ1) is 13.8. The summed E-state index contributed by atoms with van der Waals surface area (Å²) in [6.07, 6.45) is 0.452. The lowest BCUT2D eigenvalue weighted by atomic mass is 10.1. The van der Waals surface area contributed by atoms with Gasteiger partial charge in [0.1, 0.15) is 4.90 Å². The molecule has 2 aromatic heterocycles. The Bertz CT molecular complexity index is 1300. The van der Waals surface area contributed by atoms with Crippen molar-refractivity contribution in [3.05, 3.63) is 69.1 Å². The number of benzene rings is 2. The van der Waals surface area contributed by atoms with Gasteiger partial charge < -0.3 is 0 Å². The molecule has 4 aromatic rings. The molecule has 150 valence electrons. The summed E-state index contributed by atoms with van der Waals surface area (Å²) in [4.78, 5) is 5.32. The summed E-state index contributed by atoms with van der Waals surface area (Å²) in [6, 6.07) is 12.3. The standard InChI is InChI=1S/C19H16Cl2N4O2S2/c1-12-4-2-3-5-15(12)18-23-19-25(24-18)14(11-28-19)8-9-22-29(26,27)17-10-13(20)6-7-16(17)21/h2-7,10-11,22H,8-9H2,1H3. The Hall–Kier alpha value is -1.97. The highest BCUT2D eigenvalue weighted by atomic mass is 35.5. The molecule has 0 aliphatic rings. The zero-order valence-electron chi connectivity index (χ0n) is 15.3. The summed E-state index contributed by atoms with van der Waals surface area (Å²) < 4.78 is 29.4. The van der Waals surface area contributed by atoms with Crippen molar-refractivity contribution >= 4 is 49.5 Å². The summed E-state index contributed by atoms with van der Waals surface area (Å²) >= 11 is 13.4. The highest BCUT2D eigenvalue weighted by molar-refractivity contribution is 7.89. The molecule has 0 bridgehead atoms. The van der Waals surface area contributed by atoms with Crippen LogP contribution in [0.3, 0.4) is 0 Å². The number of aromatic nitrogens is 3. The van der Waals surface area contributed by atoms with Crippen molar-refractivity contribution in [1.29, 1.82) is 0 Å². The van der Waals surface area contributed by atoms with Crippen LogP contribution in [0, 0.1) is 6.92 Å². The number of sulfonamides is 1. The zero-order valence-corrected chi connectivity index (χ0v) is 18.4. The molecule has 0 atom stereocenters. The van der Waals surface area contributed by atoms with E-state index in [-0.39, 0.29) is 16.5 Å². The minimum absolute atomic E-state index is 0.0373. The molecule has 0 saturated carbocycles. The van der Waals surface area contributed by atoms with Crippen LogP contribution in [0.15, 0.2) is 52.7 Å². The van der Waals surface area contributed by atoms with Gasteiger partial charge in [-0.3, -0.25) is 0 Å². The van der Waals surface area contributed by atoms with E-state index in [9.17, 15) is 8.42 Å². The van der Waals surface area contributed by atoms with Gasteiger partial charge in [0.05, 0.1) is 10.7 Å². The third kappa shape index (κ3) is 4.17. The second-order valence-electron chi connectivity index (χ2n) is 6.39. The molecule has 0 aliphatic heterocycles. The van der Waals surface area contributed by atoms with E-state index in [0.717, 1.165) is 21.8 Å². The quantitative estimate of drug-likeness (QED) is 0.450. The average molecular weight is 467 g/mol. The van der Waals surface area contributed by atoms with Gasteiger partial charge in [0.2, 0.25) is 15.0 Å². The maximum Gasteiger partial charge on any atom is 0.242 e. The van der Waals surface area contributed by atoms with E-state index in [1.807, 2.05) is 36.6 Å². The van der Waals surface area contributed by atoms with Crippen molar-refractivity contribution in [3.8, 4) is 11.4 Å². The van der Waals surface area contributed by atoms with Crippen molar-refractivity contribution in [2.24, 2.45) is 0 Å². The number of fused-ring (bicyclic) bond motifs is 1. The fourth-order valence-corrected chi connectivity index (χ4v) is 5.56. The molecule has 29 heavy (non-hydrogen) atoms. The number of rotatable bonds is 6. The third-order valence-electron chi connectivity index (χ3n) is 4.39. The summed E-state index contributed by atoms with van der Waals surface area (Å²) in [5, 5.41) is 6.96. The van der Waals surface area contributed by atoms with Crippen LogP contribution in [-0.2, 0) is 16.4 Å². The molecule has 10 heteroatoms. The maximum atomic E-state index is 12.5. The molecule has 0 saturated heterocycles. The minimum Gasteiger partial charge on any atom is -0.211 e. The number of halogens is 2. The Balaban J connectivity index is 1.52. The molecule has 0 aliphatic carbocycles. The van der Waals surface area contributed by atoms with E-state index >= 15 is 0 Å². The van der Waals surface area contributed by atoms with Crippen LogP contribution >= 0.6 is 34.5 Å². The van der Waals surface area contributed by atoms with Gasteiger partial charge in [0.25, 0.3) is 0 Å². The maximum absolute atomic E-state index is 12.5. The van der Waals surface area contributed by atoms with Gasteiger partial charge in [-0.2, -0.15) is 4.98 Å². The van der Waals surface area contributed by atoms with Gasteiger partial charge in [0, 0.05) is 28.9 Å². The van der Waals surface area contributed by atoms with E-state index in [1.165, 1.54) is 23.5 Å². The third-order valence-corrected chi connectivity index (χ3v) is 7.43. The molecule has 0 spiro atoms. The van der Waals surface area contributed by atoms with Crippen LogP contribution in [0.25, 0.3) is 16.3 Å². The molecule has 0 unspecified atom stereocenters. The van der Waals surface area contributed by atoms with Crippen LogP contribution in [0.5, 0.6) is 0 Å². The van der Waals surface area contributed by atoms with E-state index in [0.29, 0.717) is 17.3 Å². The zero-order chi connectivity index (χ0) is 20.6. The molecule has 0 radical (unpaired) electrons. The summed E-state index contributed by atoms with van der Waals surface area (Å²) in [5.74, 6) is 0.655. The topological polar surface area (TPSA) is 76.4 Å². The molecule has 0 fully saturated rings.